The molecule has 0 unspecified atom stereocenters. The van der Waals surface area contributed by atoms with Crippen molar-refractivity contribution in [1.29, 1.82) is 0 Å². The standard InChI is InChI=1S/C32H41N7O4S/c1-5-30(40)38-14-6-7-26(38)23-8-9-27(39-19-22(21(39)2)20-44(4,42)43)25-18-34-29(17-24(23)25)35-28-10-13-33-31(36-28)37-15-11-32(3,41)12-16-37/h5,8-10,13,17-18,21-22,26,41H,1,6-7,11-12,14-16,19-20H2,2-4H3,(H,33,34,35,36)/t21-,22-,26+/m1/s1. The molecule has 2 N–H and O–H groups in total. The number of nitrogens with zero attached hydrogens (tertiary/aromatic N) is 6. The molecule has 2 aromatic heterocycles. The number of carbonyl (C=O) groups excluding carboxylic acids is 1. The number of anilines is 4. The third kappa shape index (κ3) is 6.10. The van der Waals surface area contributed by atoms with Crippen LogP contribution in [-0.4, -0.2) is 89.1 Å². The molecule has 0 radical (unpaired) electrons. The van der Waals surface area contributed by atoms with Crippen LogP contribution in [0.15, 0.2) is 49.3 Å². The van der Waals surface area contributed by atoms with Gasteiger partial charge in [0, 0.05) is 67.9 Å². The predicted octanol–water partition coefficient (Wildman–Crippen LogP) is 3.84. The summed E-state index contributed by atoms with van der Waals surface area (Å²) in [5, 5.41) is 15.6. The van der Waals surface area contributed by atoms with Crippen LogP contribution in [0, 0.1) is 5.92 Å². The predicted molar refractivity (Wildman–Crippen MR) is 173 cm³/mol. The van der Waals surface area contributed by atoms with Gasteiger partial charge in [0.2, 0.25) is 11.9 Å². The molecule has 0 saturated carbocycles. The second-order valence-electron chi connectivity index (χ2n) is 12.8. The van der Waals surface area contributed by atoms with E-state index in [0.29, 0.717) is 56.6 Å². The summed E-state index contributed by atoms with van der Waals surface area (Å²) in [6.07, 6.45) is 9.33. The van der Waals surface area contributed by atoms with E-state index in [1.54, 1.807) is 12.3 Å². The van der Waals surface area contributed by atoms with Crippen LogP contribution in [-0.2, 0) is 14.6 Å². The summed E-state index contributed by atoms with van der Waals surface area (Å²) in [6.45, 7) is 10.3. The van der Waals surface area contributed by atoms with Gasteiger partial charge in [0.05, 0.1) is 17.4 Å². The van der Waals surface area contributed by atoms with Gasteiger partial charge in [-0.15, -0.1) is 0 Å². The van der Waals surface area contributed by atoms with E-state index in [1.807, 2.05) is 24.1 Å². The van der Waals surface area contributed by atoms with Crippen LogP contribution in [0.4, 0.5) is 23.3 Å². The molecule has 6 rings (SSSR count). The zero-order valence-electron chi connectivity index (χ0n) is 25.6. The Hall–Kier alpha value is -3.77. The van der Waals surface area contributed by atoms with Gasteiger partial charge in [0.1, 0.15) is 21.5 Å². The normalized spacial score (nSPS) is 23.5. The van der Waals surface area contributed by atoms with Crippen LogP contribution in [0.3, 0.4) is 0 Å². The van der Waals surface area contributed by atoms with E-state index >= 15 is 0 Å². The lowest BCUT2D eigenvalue weighted by Gasteiger charge is -2.48. The van der Waals surface area contributed by atoms with Gasteiger partial charge < -0.3 is 25.1 Å². The number of fused-ring (bicyclic) bond motifs is 1. The second-order valence-corrected chi connectivity index (χ2v) is 15.0. The lowest BCUT2D eigenvalue weighted by Crippen LogP contribution is -2.57. The van der Waals surface area contributed by atoms with Crippen molar-refractivity contribution in [3.8, 4) is 0 Å². The molecule has 3 aromatic rings. The van der Waals surface area contributed by atoms with Crippen molar-refractivity contribution < 1.29 is 18.3 Å². The highest BCUT2D eigenvalue weighted by atomic mass is 32.2. The van der Waals surface area contributed by atoms with Crippen LogP contribution in [0.2, 0.25) is 0 Å². The van der Waals surface area contributed by atoms with E-state index in [0.717, 1.165) is 34.9 Å². The molecule has 44 heavy (non-hydrogen) atoms. The van der Waals surface area contributed by atoms with Gasteiger partial charge in [-0.1, -0.05) is 12.6 Å². The van der Waals surface area contributed by atoms with E-state index in [4.69, 9.17) is 9.97 Å². The molecule has 0 aliphatic carbocycles. The number of piperidine rings is 1. The Kier molecular flexibility index (Phi) is 8.00. The van der Waals surface area contributed by atoms with Gasteiger partial charge in [-0.25, -0.2) is 18.4 Å². The third-order valence-corrected chi connectivity index (χ3v) is 10.5. The molecule has 3 aliphatic heterocycles. The minimum Gasteiger partial charge on any atom is -0.390 e. The maximum atomic E-state index is 12.8. The van der Waals surface area contributed by atoms with Crippen LogP contribution in [0.1, 0.15) is 51.1 Å². The number of carbonyl (C=O) groups is 1. The number of nitrogens with one attached hydrogen (secondary N) is 1. The molecule has 1 amide bonds. The Morgan fingerprint density at radius 1 is 1.16 bits per heavy atom. The van der Waals surface area contributed by atoms with Gasteiger partial charge in [-0.2, -0.15) is 4.98 Å². The molecule has 11 nitrogen and oxygen atoms in total. The fourth-order valence-electron chi connectivity index (χ4n) is 6.80. The van der Waals surface area contributed by atoms with Crippen LogP contribution in [0.5, 0.6) is 0 Å². The number of hydrogen-bond donors (Lipinski definition) is 2. The molecule has 0 spiro atoms. The largest absolute Gasteiger partial charge is 0.390 e. The van der Waals surface area contributed by atoms with E-state index in [2.05, 4.69) is 45.7 Å². The number of aromatic nitrogens is 3. The maximum Gasteiger partial charge on any atom is 0.246 e. The first-order valence-corrected chi connectivity index (χ1v) is 17.4. The van der Waals surface area contributed by atoms with Gasteiger partial charge in [0.15, 0.2) is 0 Å². The Balaban J connectivity index is 1.33. The van der Waals surface area contributed by atoms with Crippen LogP contribution in [0.25, 0.3) is 10.8 Å². The Morgan fingerprint density at radius 3 is 2.64 bits per heavy atom. The summed E-state index contributed by atoms with van der Waals surface area (Å²) in [5.74, 6) is 2.00. The average molecular weight is 620 g/mol. The number of likely N-dealkylation sites (tertiary alicyclic amines) is 1. The number of pyridine rings is 1. The molecule has 0 bridgehead atoms. The average Bonchev–Trinajstić information content (AvgIpc) is 3.47. The van der Waals surface area contributed by atoms with Crippen molar-refractivity contribution in [3.63, 3.8) is 0 Å². The molecular weight excluding hydrogens is 578 g/mol. The van der Waals surface area contributed by atoms with Crippen molar-refractivity contribution in [2.45, 2.75) is 57.2 Å². The van der Waals surface area contributed by atoms with E-state index in [1.165, 1.54) is 12.3 Å². The van der Waals surface area contributed by atoms with Crippen LogP contribution < -0.4 is 15.1 Å². The lowest BCUT2D eigenvalue weighted by atomic mass is 9.89. The Labute approximate surface area is 258 Å². The Morgan fingerprint density at radius 2 is 1.93 bits per heavy atom. The zero-order chi connectivity index (χ0) is 31.2. The number of hydrogen-bond acceptors (Lipinski definition) is 10. The highest BCUT2D eigenvalue weighted by Crippen LogP contribution is 2.42. The highest BCUT2D eigenvalue weighted by Gasteiger charge is 2.39. The van der Waals surface area contributed by atoms with Gasteiger partial charge in [0.25, 0.3) is 0 Å². The van der Waals surface area contributed by atoms with Crippen molar-refractivity contribution in [1.82, 2.24) is 19.9 Å². The summed E-state index contributed by atoms with van der Waals surface area (Å²) in [4.78, 5) is 32.9. The molecule has 3 saturated heterocycles. The minimum absolute atomic E-state index is 0.0693. The fraction of sp³-hybridized carbons (Fsp3) is 0.500. The first-order chi connectivity index (χ1) is 20.9. The topological polar surface area (TPSA) is 132 Å². The quantitative estimate of drug-likeness (QED) is 0.359. The molecular formula is C32H41N7O4S. The van der Waals surface area contributed by atoms with Gasteiger partial charge in [-0.3, -0.25) is 4.79 Å². The Bertz CT molecular complexity index is 1690. The first kappa shape index (κ1) is 30.3. The maximum absolute atomic E-state index is 12.8. The lowest BCUT2D eigenvalue weighted by molar-refractivity contribution is -0.126. The van der Waals surface area contributed by atoms with Gasteiger partial charge >= 0.3 is 0 Å². The summed E-state index contributed by atoms with van der Waals surface area (Å²) in [5.41, 5.74) is 1.39. The molecule has 1 aromatic carbocycles. The SMILES string of the molecule is C=CC(=O)N1CCC[C@H]1c1ccc(N2C[C@H](CS(C)(=O)=O)[C@H]2C)c2cnc(Nc3ccnc(N4CCC(C)(O)CC4)n3)cc12. The van der Waals surface area contributed by atoms with Crippen molar-refractivity contribution in [3.05, 3.63) is 54.9 Å². The van der Waals surface area contributed by atoms with E-state index in [-0.39, 0.29) is 29.7 Å². The molecule has 234 valence electrons. The summed E-state index contributed by atoms with van der Waals surface area (Å²) < 4.78 is 23.9. The number of benzene rings is 1. The fourth-order valence-corrected chi connectivity index (χ4v) is 7.97. The molecule has 3 atom stereocenters. The van der Waals surface area contributed by atoms with Gasteiger partial charge in [-0.05, 0) is 74.8 Å². The zero-order valence-corrected chi connectivity index (χ0v) is 26.4. The van der Waals surface area contributed by atoms with E-state index < -0.39 is 15.4 Å². The van der Waals surface area contributed by atoms with Crippen LogP contribution >= 0.6 is 0 Å². The van der Waals surface area contributed by atoms with Crippen molar-refractivity contribution in [2.75, 3.05) is 53.3 Å². The number of rotatable bonds is 8. The van der Waals surface area contributed by atoms with Crippen molar-refractivity contribution >= 4 is 49.8 Å². The van der Waals surface area contributed by atoms with Crippen molar-refractivity contribution in [2.24, 2.45) is 5.92 Å². The number of aliphatic hydroxyl groups is 1. The molecule has 3 aliphatic rings. The summed E-state index contributed by atoms with van der Waals surface area (Å²) in [7, 11) is -3.07. The van der Waals surface area contributed by atoms with E-state index in [9.17, 15) is 18.3 Å². The smallest absolute Gasteiger partial charge is 0.246 e. The number of amides is 1. The second kappa shape index (κ2) is 11.6. The molecule has 3 fully saturated rings. The first-order valence-electron chi connectivity index (χ1n) is 15.3. The minimum atomic E-state index is -3.07. The summed E-state index contributed by atoms with van der Waals surface area (Å²) >= 11 is 0. The molecule has 5 heterocycles. The monoisotopic (exact) mass is 619 g/mol. The highest BCUT2D eigenvalue weighted by molar-refractivity contribution is 7.90. The molecule has 12 heteroatoms. The number of sulfone groups is 1. The summed E-state index contributed by atoms with van der Waals surface area (Å²) in [6, 6.07) is 7.99. The third-order valence-electron chi connectivity index (χ3n) is 9.43.